The summed E-state index contributed by atoms with van der Waals surface area (Å²) in [4.78, 5) is 57.9. The van der Waals surface area contributed by atoms with Crippen molar-refractivity contribution < 1.29 is 37.3 Å². The number of imide groups is 2. The van der Waals surface area contributed by atoms with Gasteiger partial charge in [0.15, 0.2) is 0 Å². The lowest BCUT2D eigenvalue weighted by Gasteiger charge is -2.15. The molecule has 0 bridgehead atoms. The van der Waals surface area contributed by atoms with Crippen molar-refractivity contribution in [3.63, 3.8) is 0 Å². The molecule has 6 rings (SSSR count). The van der Waals surface area contributed by atoms with Gasteiger partial charge in [-0.25, -0.2) is 8.42 Å². The van der Waals surface area contributed by atoms with E-state index < -0.39 is 39.8 Å². The first-order valence-corrected chi connectivity index (χ1v) is 16.1. The van der Waals surface area contributed by atoms with Crippen LogP contribution in [0.25, 0.3) is 11.1 Å². The molecule has 0 aliphatic carbocycles. The lowest BCUT2D eigenvalue weighted by molar-refractivity contribution is -0.192. The standard InChI is InChI=1S/C23H20N2O5S.C11H12N2O3.ClH/c26-22-15-21(23(27)25(22)30-16-17-7-3-1-4-8-17)24-31(28,29)20-13-11-19(12-14-20)18-9-5-2-6-10-18;12-9-6-10(14)13(11(9)15)16-7-8-4-2-1-3-5-8;/h1-14,21,24H,15-16H2;1-5,9H,6-7,12H2;1H/t21-;;/m1../s1. The van der Waals surface area contributed by atoms with Crippen LogP contribution in [0.3, 0.4) is 0 Å². The van der Waals surface area contributed by atoms with Crippen LogP contribution in [-0.4, -0.2) is 54.3 Å². The summed E-state index contributed by atoms with van der Waals surface area (Å²) < 4.78 is 27.8. The fraction of sp³-hybridized carbons (Fsp3) is 0.176. The number of nitrogens with one attached hydrogen (secondary N) is 1. The zero-order chi connectivity index (χ0) is 33.4. The molecule has 1 unspecified atom stereocenters. The van der Waals surface area contributed by atoms with E-state index in [2.05, 4.69) is 4.72 Å². The number of benzene rings is 4. The number of rotatable bonds is 10. The van der Waals surface area contributed by atoms with Gasteiger partial charge >= 0.3 is 0 Å². The summed E-state index contributed by atoms with van der Waals surface area (Å²) in [7, 11) is -3.99. The number of nitrogens with two attached hydrogens (primary N) is 1. The van der Waals surface area contributed by atoms with E-state index in [1.54, 1.807) is 24.3 Å². The molecule has 2 aliphatic rings. The highest BCUT2D eigenvalue weighted by molar-refractivity contribution is 7.89. The predicted molar refractivity (Wildman–Crippen MR) is 177 cm³/mol. The first-order chi connectivity index (χ1) is 22.6. The number of hydroxylamine groups is 4. The molecule has 0 saturated carbocycles. The first-order valence-electron chi connectivity index (χ1n) is 14.6. The Morgan fingerprint density at radius 2 is 1.06 bits per heavy atom. The van der Waals surface area contributed by atoms with Crippen LogP contribution >= 0.6 is 12.4 Å². The Balaban J connectivity index is 0.000000258. The van der Waals surface area contributed by atoms with Crippen LogP contribution in [0, 0.1) is 0 Å². The number of nitrogens with zero attached hydrogens (tertiary/aromatic N) is 2. The molecule has 3 N–H and O–H groups in total. The molecule has 2 fully saturated rings. The maximum absolute atomic E-state index is 12.7. The number of carbonyl (C=O) groups excluding carboxylic acids is 4. The lowest BCUT2D eigenvalue weighted by Crippen LogP contribution is -2.41. The molecule has 4 aromatic rings. The van der Waals surface area contributed by atoms with Crippen LogP contribution in [0.2, 0.25) is 0 Å². The van der Waals surface area contributed by atoms with Crippen molar-refractivity contribution in [3.8, 4) is 11.1 Å². The number of hydrogen-bond donors (Lipinski definition) is 2. The molecule has 0 aromatic heterocycles. The van der Waals surface area contributed by atoms with Crippen LogP contribution in [-0.2, 0) is 52.1 Å². The number of halogens is 1. The Morgan fingerprint density at radius 1 is 0.625 bits per heavy atom. The second kappa shape index (κ2) is 16.4. The summed E-state index contributed by atoms with van der Waals surface area (Å²) in [5, 5.41) is 1.40. The van der Waals surface area contributed by atoms with E-state index in [0.29, 0.717) is 5.06 Å². The lowest BCUT2D eigenvalue weighted by atomic mass is 10.1. The molecule has 0 spiro atoms. The molecule has 250 valence electrons. The summed E-state index contributed by atoms with van der Waals surface area (Å²) >= 11 is 0. The molecule has 0 radical (unpaired) electrons. The van der Waals surface area contributed by atoms with Gasteiger partial charge in [0.1, 0.15) is 19.3 Å². The van der Waals surface area contributed by atoms with Gasteiger partial charge < -0.3 is 5.73 Å². The quantitative estimate of drug-likeness (QED) is 0.237. The monoisotopic (exact) mass is 692 g/mol. The number of amides is 4. The summed E-state index contributed by atoms with van der Waals surface area (Å²) in [5.41, 5.74) is 8.94. The Bertz CT molecular complexity index is 1830. The maximum atomic E-state index is 12.7. The van der Waals surface area contributed by atoms with Gasteiger partial charge in [-0.2, -0.15) is 14.8 Å². The van der Waals surface area contributed by atoms with Gasteiger partial charge in [-0.3, -0.25) is 28.9 Å². The largest absolute Gasteiger partial charge is 0.319 e. The van der Waals surface area contributed by atoms with E-state index in [1.807, 2.05) is 78.9 Å². The van der Waals surface area contributed by atoms with E-state index in [1.165, 1.54) is 12.1 Å². The molecule has 48 heavy (non-hydrogen) atoms. The van der Waals surface area contributed by atoms with Crippen molar-refractivity contribution in [2.45, 2.75) is 43.0 Å². The highest BCUT2D eigenvalue weighted by atomic mass is 35.5. The minimum atomic E-state index is -3.99. The second-order valence-corrected chi connectivity index (χ2v) is 12.4. The molecule has 12 nitrogen and oxygen atoms in total. The van der Waals surface area contributed by atoms with Crippen molar-refractivity contribution in [1.29, 1.82) is 0 Å². The fourth-order valence-electron chi connectivity index (χ4n) is 4.74. The Morgan fingerprint density at radius 3 is 1.54 bits per heavy atom. The van der Waals surface area contributed by atoms with Gasteiger partial charge in [0.2, 0.25) is 10.0 Å². The minimum absolute atomic E-state index is 0. The van der Waals surface area contributed by atoms with E-state index >= 15 is 0 Å². The first kappa shape index (κ1) is 36.1. The number of carbonyl (C=O) groups is 4. The van der Waals surface area contributed by atoms with Gasteiger partial charge in [0.05, 0.1) is 23.8 Å². The van der Waals surface area contributed by atoms with Crippen LogP contribution in [0.1, 0.15) is 24.0 Å². The normalized spacial score (nSPS) is 17.6. The van der Waals surface area contributed by atoms with E-state index in [4.69, 9.17) is 15.4 Å². The van der Waals surface area contributed by atoms with Gasteiger partial charge in [-0.15, -0.1) is 12.4 Å². The van der Waals surface area contributed by atoms with E-state index in [9.17, 15) is 27.6 Å². The summed E-state index contributed by atoms with van der Waals surface area (Å²) in [6, 6.07) is 32.3. The van der Waals surface area contributed by atoms with Crippen molar-refractivity contribution >= 4 is 46.1 Å². The molecule has 2 heterocycles. The number of sulfonamides is 1. The average molecular weight is 693 g/mol. The Kier molecular flexibility index (Phi) is 12.3. The van der Waals surface area contributed by atoms with Gasteiger partial charge in [0.25, 0.3) is 23.6 Å². The van der Waals surface area contributed by atoms with Crippen molar-refractivity contribution in [1.82, 2.24) is 14.8 Å². The van der Waals surface area contributed by atoms with Gasteiger partial charge in [-0.05, 0) is 34.4 Å². The minimum Gasteiger partial charge on any atom is -0.319 e. The third kappa shape index (κ3) is 8.98. The van der Waals surface area contributed by atoms with E-state index in [-0.39, 0.29) is 49.3 Å². The van der Waals surface area contributed by atoms with Crippen molar-refractivity contribution in [3.05, 3.63) is 126 Å². The van der Waals surface area contributed by atoms with E-state index in [0.717, 1.165) is 27.3 Å². The summed E-state index contributed by atoms with van der Waals surface area (Å²) in [6.45, 7) is 0.212. The second-order valence-electron chi connectivity index (χ2n) is 10.6. The average Bonchev–Trinajstić information content (AvgIpc) is 3.49. The SMILES string of the molecule is Cl.NC1CC(=O)N(OCc2ccccc2)C1=O.O=C1C[C@@H](NS(=O)(=O)c2ccc(-c3ccccc3)cc2)C(=O)N1OCc1ccccc1. The smallest absolute Gasteiger partial charge is 0.272 e. The molecular formula is C34H33ClN4O8S. The fourth-order valence-corrected chi connectivity index (χ4v) is 5.93. The van der Waals surface area contributed by atoms with Crippen LogP contribution in [0.5, 0.6) is 0 Å². The Hall–Kier alpha value is -4.76. The van der Waals surface area contributed by atoms with Crippen molar-refractivity contribution in [2.24, 2.45) is 5.73 Å². The molecule has 4 amide bonds. The van der Waals surface area contributed by atoms with Crippen LogP contribution < -0.4 is 10.5 Å². The van der Waals surface area contributed by atoms with Crippen LogP contribution in [0.15, 0.2) is 120 Å². The van der Waals surface area contributed by atoms with Crippen molar-refractivity contribution in [2.75, 3.05) is 0 Å². The zero-order valence-corrected chi connectivity index (χ0v) is 27.1. The molecule has 2 atom stereocenters. The molecule has 2 aliphatic heterocycles. The highest BCUT2D eigenvalue weighted by Crippen LogP contribution is 2.23. The topological polar surface area (TPSA) is 165 Å². The molecule has 14 heteroatoms. The third-order valence-electron chi connectivity index (χ3n) is 7.22. The van der Waals surface area contributed by atoms with Gasteiger partial charge in [0, 0.05) is 0 Å². The zero-order valence-electron chi connectivity index (χ0n) is 25.5. The summed E-state index contributed by atoms with van der Waals surface area (Å²) in [6.07, 6.45) is -0.275. The molecule has 2 saturated heterocycles. The van der Waals surface area contributed by atoms with Crippen LogP contribution in [0.4, 0.5) is 0 Å². The summed E-state index contributed by atoms with van der Waals surface area (Å²) in [5.74, 6) is -2.17. The predicted octanol–water partition coefficient (Wildman–Crippen LogP) is 3.52. The molecule has 4 aromatic carbocycles. The molecular weight excluding hydrogens is 660 g/mol. The highest BCUT2D eigenvalue weighted by Gasteiger charge is 2.42. The maximum Gasteiger partial charge on any atom is 0.272 e. The Labute approximate surface area is 283 Å². The third-order valence-corrected chi connectivity index (χ3v) is 8.70. The van der Waals surface area contributed by atoms with Gasteiger partial charge in [-0.1, -0.05) is 103 Å². The number of hydrogen-bond acceptors (Lipinski definition) is 9.